The van der Waals surface area contributed by atoms with Crippen molar-refractivity contribution in [3.05, 3.63) is 56.2 Å². The van der Waals surface area contributed by atoms with Gasteiger partial charge >= 0.3 is 0 Å². The molecule has 0 fully saturated rings. The van der Waals surface area contributed by atoms with E-state index in [1.54, 1.807) is 6.07 Å². The number of aromatic nitrogens is 1. The summed E-state index contributed by atoms with van der Waals surface area (Å²) in [6.45, 7) is 3.72. The maximum Gasteiger partial charge on any atom is 0.220 e. The highest BCUT2D eigenvalue weighted by atomic mass is 35.5. The number of aryl methyl sites for hydroxylation is 1. The van der Waals surface area contributed by atoms with Gasteiger partial charge in [0.05, 0.1) is 26.0 Å². The third-order valence-electron chi connectivity index (χ3n) is 5.66. The van der Waals surface area contributed by atoms with Crippen LogP contribution in [-0.2, 0) is 5.60 Å². The van der Waals surface area contributed by atoms with E-state index in [0.29, 0.717) is 29.2 Å². The normalized spacial score (nSPS) is 24.4. The number of rotatable bonds is 3. The van der Waals surface area contributed by atoms with Crippen LogP contribution < -0.4 is 14.2 Å². The lowest BCUT2D eigenvalue weighted by Gasteiger charge is -2.40. The van der Waals surface area contributed by atoms with Crippen LogP contribution in [0.3, 0.4) is 0 Å². The second-order valence-electron chi connectivity index (χ2n) is 7.21. The van der Waals surface area contributed by atoms with Crippen LogP contribution in [0.15, 0.2) is 23.3 Å². The molecule has 1 aliphatic carbocycles. The highest BCUT2D eigenvalue weighted by Gasteiger charge is 2.60. The fraction of sp³-hybridized carbons (Fsp3) is 0.400. The van der Waals surface area contributed by atoms with Crippen LogP contribution in [0.25, 0.3) is 10.4 Å². The number of halogens is 1. The Morgan fingerprint density at radius 2 is 2.07 bits per heavy atom. The number of methoxy groups -OCH3 is 2. The van der Waals surface area contributed by atoms with Gasteiger partial charge in [-0.1, -0.05) is 29.7 Å². The van der Waals surface area contributed by atoms with Gasteiger partial charge in [-0.25, -0.2) is 0 Å². The molecule has 1 aromatic carbocycles. The number of hydrogen-bond acceptors (Lipinski definition) is 6. The zero-order valence-electron chi connectivity index (χ0n) is 16.4. The van der Waals surface area contributed by atoms with Crippen LogP contribution in [0.4, 0.5) is 0 Å². The van der Waals surface area contributed by atoms with Crippen molar-refractivity contribution in [1.82, 2.24) is 4.98 Å². The highest BCUT2D eigenvalue weighted by Crippen LogP contribution is 2.58. The first-order valence-corrected chi connectivity index (χ1v) is 9.47. The van der Waals surface area contributed by atoms with Crippen molar-refractivity contribution in [2.24, 2.45) is 11.0 Å². The van der Waals surface area contributed by atoms with Gasteiger partial charge < -0.3 is 14.2 Å². The van der Waals surface area contributed by atoms with Crippen LogP contribution in [0.2, 0.25) is 5.02 Å². The number of carbonyl (C=O) groups is 1. The summed E-state index contributed by atoms with van der Waals surface area (Å²) < 4.78 is 17.1. The van der Waals surface area contributed by atoms with Crippen LogP contribution in [0, 0.1) is 12.8 Å². The molecule has 9 heteroatoms. The van der Waals surface area contributed by atoms with E-state index in [0.717, 1.165) is 5.69 Å². The van der Waals surface area contributed by atoms with E-state index in [4.69, 9.17) is 31.3 Å². The fourth-order valence-corrected chi connectivity index (χ4v) is 4.51. The Morgan fingerprint density at radius 1 is 1.34 bits per heavy atom. The van der Waals surface area contributed by atoms with Crippen LogP contribution in [0.5, 0.6) is 17.2 Å². The Labute approximate surface area is 172 Å². The van der Waals surface area contributed by atoms with Crippen molar-refractivity contribution >= 4 is 17.4 Å². The van der Waals surface area contributed by atoms with Gasteiger partial charge in [0, 0.05) is 22.6 Å². The number of ether oxygens (including phenoxy) is 3. The summed E-state index contributed by atoms with van der Waals surface area (Å²) in [5.41, 5.74) is 9.72. The number of Topliss-reactive ketones (excluding diaryl/α,β-unsaturated/α-hetero) is 1. The van der Waals surface area contributed by atoms with Crippen LogP contribution >= 0.6 is 11.6 Å². The first-order valence-electron chi connectivity index (χ1n) is 9.09. The molecule has 0 radical (unpaired) electrons. The van der Waals surface area contributed by atoms with E-state index >= 15 is 0 Å². The molecule has 1 spiro atoms. The monoisotopic (exact) mass is 414 g/mol. The quantitative estimate of drug-likeness (QED) is 0.402. The minimum atomic E-state index is -1.38. The number of benzene rings is 1. The van der Waals surface area contributed by atoms with Crippen molar-refractivity contribution in [2.75, 3.05) is 14.2 Å². The Balaban J connectivity index is 2.00. The summed E-state index contributed by atoms with van der Waals surface area (Å²) in [7, 11) is 2.95. The van der Waals surface area contributed by atoms with Gasteiger partial charge in [-0.3, -0.25) is 9.78 Å². The average Bonchev–Trinajstić information content (AvgIpc) is 3.02. The van der Waals surface area contributed by atoms with E-state index in [2.05, 4.69) is 15.0 Å². The molecular weight excluding hydrogens is 396 g/mol. The van der Waals surface area contributed by atoms with Gasteiger partial charge in [-0.2, -0.15) is 0 Å². The number of nitrogens with zero attached hydrogens (tertiary/aromatic N) is 4. The minimum absolute atomic E-state index is 0.201. The molecule has 0 saturated heterocycles. The molecule has 0 amide bonds. The summed E-state index contributed by atoms with van der Waals surface area (Å²) in [4.78, 5) is 21.4. The summed E-state index contributed by atoms with van der Waals surface area (Å²) in [5.74, 6) is 0.282. The van der Waals surface area contributed by atoms with E-state index in [1.165, 1.54) is 14.2 Å². The van der Waals surface area contributed by atoms with Crippen LogP contribution in [0.1, 0.15) is 46.7 Å². The molecular formula is C20H19ClN4O4. The number of pyridine rings is 1. The fourth-order valence-electron chi connectivity index (χ4n) is 4.25. The highest BCUT2D eigenvalue weighted by molar-refractivity contribution is 6.35. The summed E-state index contributed by atoms with van der Waals surface area (Å²) >= 11 is 6.49. The van der Waals surface area contributed by atoms with E-state index in [1.807, 2.05) is 26.0 Å². The van der Waals surface area contributed by atoms with Crippen molar-refractivity contribution in [2.45, 2.75) is 31.9 Å². The van der Waals surface area contributed by atoms with Gasteiger partial charge in [0.1, 0.15) is 22.1 Å². The van der Waals surface area contributed by atoms with Crippen molar-refractivity contribution in [3.63, 3.8) is 0 Å². The standard InChI is InChI=1S/C20H19ClN4O4/c1-9-7-12(24-25-22)11-6-5-10(2)23-18(11)20(9)19(26)15-13(27-3)8-14(28-4)16(21)17(15)29-20/h5-6,8-9,12H,7H2,1-4H3/t9-,12?,20+/m1/s1. The lowest BCUT2D eigenvalue weighted by atomic mass is 9.70. The second kappa shape index (κ2) is 6.83. The van der Waals surface area contributed by atoms with Crippen molar-refractivity contribution in [1.29, 1.82) is 0 Å². The van der Waals surface area contributed by atoms with E-state index in [9.17, 15) is 4.79 Å². The van der Waals surface area contributed by atoms with Gasteiger partial charge in [0.15, 0.2) is 5.75 Å². The number of ketones is 1. The Bertz CT molecular complexity index is 1080. The lowest BCUT2D eigenvalue weighted by molar-refractivity contribution is 0.0153. The SMILES string of the molecule is COc1cc(OC)c2c(c1Cl)O[C@]1(C2=O)c2nc(C)ccc2C(N=[N+]=[N-])C[C@H]1C. The number of azide groups is 1. The summed E-state index contributed by atoms with van der Waals surface area (Å²) in [6, 6.07) is 4.80. The molecule has 4 rings (SSSR count). The topological polar surface area (TPSA) is 106 Å². The number of fused-ring (bicyclic) bond motifs is 3. The van der Waals surface area contributed by atoms with E-state index in [-0.39, 0.29) is 28.0 Å². The third-order valence-corrected chi connectivity index (χ3v) is 6.01. The summed E-state index contributed by atoms with van der Waals surface area (Å²) in [6.07, 6.45) is 0.429. The van der Waals surface area contributed by atoms with Gasteiger partial charge in [0.2, 0.25) is 11.4 Å². The first kappa shape index (κ1) is 19.4. The zero-order chi connectivity index (χ0) is 20.9. The smallest absolute Gasteiger partial charge is 0.220 e. The first-order chi connectivity index (χ1) is 13.9. The molecule has 0 N–H and O–H groups in total. The third kappa shape index (κ3) is 2.56. The molecule has 3 atom stereocenters. The lowest BCUT2D eigenvalue weighted by Crippen LogP contribution is -2.48. The Morgan fingerprint density at radius 3 is 2.72 bits per heavy atom. The van der Waals surface area contributed by atoms with Crippen molar-refractivity contribution < 1.29 is 19.0 Å². The van der Waals surface area contributed by atoms with Crippen LogP contribution in [-0.4, -0.2) is 25.0 Å². The number of hydrogen-bond donors (Lipinski definition) is 0. The predicted molar refractivity (Wildman–Crippen MR) is 106 cm³/mol. The molecule has 0 bridgehead atoms. The molecule has 2 aliphatic rings. The average molecular weight is 415 g/mol. The van der Waals surface area contributed by atoms with Gasteiger partial charge in [-0.05, 0) is 30.5 Å². The molecule has 150 valence electrons. The molecule has 2 heterocycles. The Hall–Kier alpha value is -2.96. The molecule has 0 saturated carbocycles. The molecule has 2 aromatic rings. The van der Waals surface area contributed by atoms with Gasteiger partial charge in [-0.15, -0.1) is 0 Å². The molecule has 29 heavy (non-hydrogen) atoms. The maximum absolute atomic E-state index is 13.8. The van der Waals surface area contributed by atoms with Gasteiger partial charge in [0.25, 0.3) is 0 Å². The number of carbonyl (C=O) groups excluding carboxylic acids is 1. The molecule has 8 nitrogen and oxygen atoms in total. The Kier molecular flexibility index (Phi) is 4.56. The zero-order valence-corrected chi connectivity index (χ0v) is 17.1. The predicted octanol–water partition coefficient (Wildman–Crippen LogP) is 4.92. The maximum atomic E-state index is 13.8. The molecule has 1 aromatic heterocycles. The largest absolute Gasteiger partial charge is 0.496 e. The minimum Gasteiger partial charge on any atom is -0.496 e. The molecule has 1 aliphatic heterocycles. The van der Waals surface area contributed by atoms with Crippen molar-refractivity contribution in [3.8, 4) is 17.2 Å². The van der Waals surface area contributed by atoms with E-state index < -0.39 is 11.6 Å². The molecule has 1 unspecified atom stereocenters. The summed E-state index contributed by atoms with van der Waals surface area (Å²) in [5, 5.41) is 4.12. The second-order valence-corrected chi connectivity index (χ2v) is 7.59.